The number of amides is 3. The Bertz CT molecular complexity index is 1340. The predicted molar refractivity (Wildman–Crippen MR) is 163 cm³/mol. The number of hydrogen-bond donors (Lipinski definition) is 3. The zero-order valence-corrected chi connectivity index (χ0v) is 26.0. The maximum atomic E-state index is 13.7. The standard InChI is InChI=1S/C32H39F3N4O5.ClH/c1-36-27(40)23-7-11-25(12-8-23)44-24-9-5-22(6-10-24)20-38-17-15-31(16-18-38)29(42)37-26(19-30(43)13-3-2-4-14-30)28(41)39(31)21-32(33,34)35;/h5-12,26,43H,2-4,13-21H2,1H3,(H,36,40)(H,37,42);1H/t26-;/m1./s1. The number of alkyl halides is 3. The van der Waals surface area contributed by atoms with Gasteiger partial charge in [0.25, 0.3) is 5.91 Å². The van der Waals surface area contributed by atoms with Crippen molar-refractivity contribution in [3.63, 3.8) is 0 Å². The second kappa shape index (κ2) is 14.0. The number of piperidine rings is 1. The summed E-state index contributed by atoms with van der Waals surface area (Å²) in [4.78, 5) is 41.5. The Balaban J connectivity index is 0.00000461. The van der Waals surface area contributed by atoms with Gasteiger partial charge < -0.3 is 25.4 Å². The van der Waals surface area contributed by atoms with E-state index in [9.17, 15) is 32.7 Å². The summed E-state index contributed by atoms with van der Waals surface area (Å²) in [5, 5.41) is 16.3. The van der Waals surface area contributed by atoms with Gasteiger partial charge in [-0.2, -0.15) is 13.2 Å². The van der Waals surface area contributed by atoms with Crippen LogP contribution in [0.3, 0.4) is 0 Å². The molecule has 5 rings (SSSR count). The molecule has 246 valence electrons. The molecule has 2 heterocycles. The van der Waals surface area contributed by atoms with Gasteiger partial charge in [0.2, 0.25) is 11.8 Å². The number of nitrogens with one attached hydrogen (secondary N) is 2. The van der Waals surface area contributed by atoms with Crippen LogP contribution in [0.4, 0.5) is 13.2 Å². The molecule has 13 heteroatoms. The summed E-state index contributed by atoms with van der Waals surface area (Å²) in [6.45, 7) is -0.314. The van der Waals surface area contributed by atoms with Crippen molar-refractivity contribution in [2.45, 2.75) is 81.3 Å². The lowest BCUT2D eigenvalue weighted by Crippen LogP contribution is -2.74. The lowest BCUT2D eigenvalue weighted by molar-refractivity contribution is -0.188. The molecular formula is C32H40ClF3N4O5. The Kier molecular flexibility index (Phi) is 10.7. The normalized spacial score (nSPS) is 21.5. The monoisotopic (exact) mass is 652 g/mol. The van der Waals surface area contributed by atoms with Gasteiger partial charge in [-0.3, -0.25) is 19.3 Å². The molecule has 3 fully saturated rings. The van der Waals surface area contributed by atoms with E-state index in [4.69, 9.17) is 4.74 Å². The number of halogens is 4. The van der Waals surface area contributed by atoms with E-state index in [0.29, 0.717) is 49.5 Å². The average molecular weight is 653 g/mol. The minimum absolute atomic E-state index is 0. The van der Waals surface area contributed by atoms with Crippen LogP contribution in [0.5, 0.6) is 11.5 Å². The molecule has 0 aromatic heterocycles. The summed E-state index contributed by atoms with van der Waals surface area (Å²) in [6, 6.07) is 13.0. The largest absolute Gasteiger partial charge is 0.457 e. The molecule has 3 N–H and O–H groups in total. The molecule has 2 saturated heterocycles. The molecule has 2 aromatic rings. The van der Waals surface area contributed by atoms with Crippen LogP contribution in [0.25, 0.3) is 0 Å². The van der Waals surface area contributed by atoms with Gasteiger partial charge in [-0.1, -0.05) is 31.4 Å². The van der Waals surface area contributed by atoms with Crippen molar-refractivity contribution in [1.29, 1.82) is 0 Å². The third-order valence-electron chi connectivity index (χ3n) is 9.11. The second-order valence-corrected chi connectivity index (χ2v) is 12.2. The zero-order chi connectivity index (χ0) is 31.5. The number of benzene rings is 2. The summed E-state index contributed by atoms with van der Waals surface area (Å²) in [6.07, 6.45) is -1.15. The van der Waals surface area contributed by atoms with Crippen LogP contribution in [0, 0.1) is 0 Å². The summed E-state index contributed by atoms with van der Waals surface area (Å²) in [5.41, 5.74) is -1.27. The highest BCUT2D eigenvalue weighted by Crippen LogP contribution is 2.39. The lowest BCUT2D eigenvalue weighted by atomic mass is 9.77. The molecule has 0 radical (unpaired) electrons. The molecule has 1 spiro atoms. The van der Waals surface area contributed by atoms with Gasteiger partial charge in [0.05, 0.1) is 5.60 Å². The van der Waals surface area contributed by atoms with E-state index in [-0.39, 0.29) is 37.6 Å². The van der Waals surface area contributed by atoms with E-state index in [0.717, 1.165) is 29.7 Å². The number of carbonyl (C=O) groups excluding carboxylic acids is 3. The van der Waals surface area contributed by atoms with Crippen LogP contribution in [-0.4, -0.2) is 82.7 Å². The molecule has 2 aliphatic heterocycles. The first kappa shape index (κ1) is 34.5. The van der Waals surface area contributed by atoms with Crippen LogP contribution in [0.2, 0.25) is 0 Å². The van der Waals surface area contributed by atoms with Crippen molar-refractivity contribution in [3.8, 4) is 11.5 Å². The maximum Gasteiger partial charge on any atom is 0.406 e. The van der Waals surface area contributed by atoms with Crippen LogP contribution in [0.15, 0.2) is 48.5 Å². The fraction of sp³-hybridized carbons (Fsp3) is 0.531. The van der Waals surface area contributed by atoms with E-state index in [1.165, 1.54) is 0 Å². The second-order valence-electron chi connectivity index (χ2n) is 12.2. The molecule has 2 aromatic carbocycles. The van der Waals surface area contributed by atoms with Crippen LogP contribution in [0.1, 0.15) is 67.3 Å². The van der Waals surface area contributed by atoms with Gasteiger partial charge in [0.1, 0.15) is 29.6 Å². The number of ether oxygens (including phenoxy) is 1. The van der Waals surface area contributed by atoms with Crippen LogP contribution < -0.4 is 15.4 Å². The first-order valence-corrected chi connectivity index (χ1v) is 15.1. The van der Waals surface area contributed by atoms with Crippen molar-refractivity contribution in [3.05, 3.63) is 59.7 Å². The quantitative estimate of drug-likeness (QED) is 0.386. The zero-order valence-electron chi connectivity index (χ0n) is 25.2. The number of carbonyl (C=O) groups is 3. The first-order valence-electron chi connectivity index (χ1n) is 15.1. The number of nitrogens with zero attached hydrogens (tertiary/aromatic N) is 2. The number of hydrogen-bond acceptors (Lipinski definition) is 6. The Hall–Kier alpha value is -3.35. The summed E-state index contributed by atoms with van der Waals surface area (Å²) in [5.74, 6) is -0.354. The summed E-state index contributed by atoms with van der Waals surface area (Å²) < 4.78 is 47.0. The van der Waals surface area contributed by atoms with Crippen molar-refractivity contribution in [1.82, 2.24) is 20.4 Å². The number of aliphatic hydroxyl groups is 1. The topological polar surface area (TPSA) is 111 Å². The van der Waals surface area contributed by atoms with Gasteiger partial charge in [0, 0.05) is 38.7 Å². The van der Waals surface area contributed by atoms with Crippen LogP contribution >= 0.6 is 12.4 Å². The summed E-state index contributed by atoms with van der Waals surface area (Å²) in [7, 11) is 1.56. The van der Waals surface area contributed by atoms with Gasteiger partial charge in [-0.25, -0.2) is 0 Å². The molecule has 0 unspecified atom stereocenters. The molecule has 1 atom stereocenters. The van der Waals surface area contributed by atoms with Crippen molar-refractivity contribution in [2.75, 3.05) is 26.7 Å². The highest BCUT2D eigenvalue weighted by molar-refractivity contribution is 6.00. The highest BCUT2D eigenvalue weighted by atomic mass is 35.5. The average Bonchev–Trinajstić information content (AvgIpc) is 3.00. The van der Waals surface area contributed by atoms with E-state index in [1.807, 2.05) is 24.3 Å². The minimum atomic E-state index is -4.67. The Morgan fingerprint density at radius 3 is 2.11 bits per heavy atom. The fourth-order valence-electron chi connectivity index (χ4n) is 6.67. The van der Waals surface area contributed by atoms with E-state index in [1.54, 1.807) is 31.3 Å². The predicted octanol–water partition coefficient (Wildman–Crippen LogP) is 4.57. The molecule has 9 nitrogen and oxygen atoms in total. The number of piperazine rings is 1. The molecular weight excluding hydrogens is 613 g/mol. The smallest absolute Gasteiger partial charge is 0.406 e. The summed E-state index contributed by atoms with van der Waals surface area (Å²) >= 11 is 0. The molecule has 45 heavy (non-hydrogen) atoms. The number of likely N-dealkylation sites (tertiary alicyclic amines) is 1. The highest BCUT2D eigenvalue weighted by Gasteiger charge is 2.57. The Morgan fingerprint density at radius 1 is 0.978 bits per heavy atom. The van der Waals surface area contributed by atoms with E-state index >= 15 is 0 Å². The lowest BCUT2D eigenvalue weighted by Gasteiger charge is -2.52. The number of rotatable bonds is 8. The molecule has 0 bridgehead atoms. The molecule has 3 aliphatic rings. The van der Waals surface area contributed by atoms with Gasteiger partial charge >= 0.3 is 6.18 Å². The third kappa shape index (κ3) is 8.09. The van der Waals surface area contributed by atoms with E-state index < -0.39 is 41.7 Å². The maximum absolute atomic E-state index is 13.7. The van der Waals surface area contributed by atoms with Crippen molar-refractivity contribution >= 4 is 30.1 Å². The van der Waals surface area contributed by atoms with Crippen molar-refractivity contribution < 1.29 is 37.4 Å². The Labute approximate surface area is 266 Å². The fourth-order valence-corrected chi connectivity index (χ4v) is 6.67. The first-order chi connectivity index (χ1) is 20.9. The van der Waals surface area contributed by atoms with E-state index in [2.05, 4.69) is 15.5 Å². The van der Waals surface area contributed by atoms with Gasteiger partial charge in [-0.15, -0.1) is 12.4 Å². The minimum Gasteiger partial charge on any atom is -0.457 e. The molecule has 1 aliphatic carbocycles. The van der Waals surface area contributed by atoms with Crippen LogP contribution in [-0.2, 0) is 16.1 Å². The van der Waals surface area contributed by atoms with Gasteiger partial charge in [0.15, 0.2) is 0 Å². The Morgan fingerprint density at radius 2 is 1.56 bits per heavy atom. The SMILES string of the molecule is CNC(=O)c1ccc(Oc2ccc(CN3CCC4(CC3)C(=O)N[C@H](CC3(O)CCCCC3)C(=O)N4CC(F)(F)F)cc2)cc1.Cl. The van der Waals surface area contributed by atoms with Gasteiger partial charge in [-0.05, 0) is 67.6 Å². The van der Waals surface area contributed by atoms with Crippen molar-refractivity contribution in [2.24, 2.45) is 0 Å². The molecule has 3 amide bonds. The third-order valence-corrected chi connectivity index (χ3v) is 9.11. The molecule has 1 saturated carbocycles.